The van der Waals surface area contributed by atoms with E-state index in [2.05, 4.69) is 20.3 Å². The van der Waals surface area contributed by atoms with Crippen LogP contribution in [0.2, 0.25) is 0 Å². The molecule has 2 N–H and O–H groups in total. The average Bonchev–Trinajstić information content (AvgIpc) is 3.08. The molecule has 4 rings (SSSR count). The Hall–Kier alpha value is -3.54. The maximum atomic E-state index is 13.4. The van der Waals surface area contributed by atoms with Crippen molar-refractivity contribution in [1.82, 2.24) is 15.0 Å². The third-order valence-corrected chi connectivity index (χ3v) is 4.50. The summed E-state index contributed by atoms with van der Waals surface area (Å²) in [7, 11) is 0. The Morgan fingerprint density at radius 2 is 1.79 bits per heavy atom. The summed E-state index contributed by atoms with van der Waals surface area (Å²) in [4.78, 5) is 23.9. The first kappa shape index (κ1) is 17.9. The molecular weight excluding hydrogens is 355 g/mol. The number of hydrogen-bond acceptors (Lipinski definition) is 3. The second-order valence-corrected chi connectivity index (χ2v) is 6.51. The number of carbonyl (C=O) groups excluding carboxylic acids is 1. The van der Waals surface area contributed by atoms with Crippen LogP contribution >= 0.6 is 0 Å². The monoisotopic (exact) mass is 374 g/mol. The number of benzene rings is 1. The van der Waals surface area contributed by atoms with Crippen molar-refractivity contribution in [3.63, 3.8) is 0 Å². The molecule has 0 saturated carbocycles. The van der Waals surface area contributed by atoms with Gasteiger partial charge in [0.2, 0.25) is 5.91 Å². The van der Waals surface area contributed by atoms with E-state index in [1.165, 1.54) is 12.1 Å². The largest absolute Gasteiger partial charge is 0.339 e. The lowest BCUT2D eigenvalue weighted by Crippen LogP contribution is -2.11. The first-order chi connectivity index (χ1) is 13.7. The summed E-state index contributed by atoms with van der Waals surface area (Å²) < 4.78 is 13.4. The van der Waals surface area contributed by atoms with Crippen molar-refractivity contribution in [3.05, 3.63) is 66.7 Å². The molecule has 0 bridgehead atoms. The van der Waals surface area contributed by atoms with Gasteiger partial charge in [-0.15, -0.1) is 0 Å². The molecule has 0 fully saturated rings. The van der Waals surface area contributed by atoms with Crippen molar-refractivity contribution in [2.24, 2.45) is 0 Å². The Morgan fingerprint density at radius 3 is 2.50 bits per heavy atom. The Labute approximate surface area is 161 Å². The van der Waals surface area contributed by atoms with Gasteiger partial charge in [0.15, 0.2) is 0 Å². The van der Waals surface area contributed by atoms with Crippen LogP contribution in [0.15, 0.2) is 60.9 Å². The molecule has 28 heavy (non-hydrogen) atoms. The quantitative estimate of drug-likeness (QED) is 0.506. The van der Waals surface area contributed by atoms with E-state index in [4.69, 9.17) is 0 Å². The molecule has 0 radical (unpaired) electrons. The molecule has 0 unspecified atom stereocenters. The van der Waals surface area contributed by atoms with Crippen LogP contribution in [-0.4, -0.2) is 20.9 Å². The van der Waals surface area contributed by atoms with Crippen LogP contribution in [0.4, 0.5) is 10.2 Å². The van der Waals surface area contributed by atoms with Crippen molar-refractivity contribution in [2.45, 2.75) is 19.8 Å². The van der Waals surface area contributed by atoms with Crippen LogP contribution in [-0.2, 0) is 4.79 Å². The number of rotatable bonds is 5. The lowest BCUT2D eigenvalue weighted by atomic mass is 10.00. The van der Waals surface area contributed by atoms with Crippen LogP contribution in [0, 0.1) is 5.82 Å². The number of hydrogen-bond donors (Lipinski definition) is 2. The van der Waals surface area contributed by atoms with E-state index in [1.807, 2.05) is 25.1 Å². The molecule has 0 atom stereocenters. The maximum Gasteiger partial charge on any atom is 0.225 e. The van der Waals surface area contributed by atoms with E-state index in [0.717, 1.165) is 34.2 Å². The normalized spacial score (nSPS) is 10.9. The summed E-state index contributed by atoms with van der Waals surface area (Å²) in [5.74, 6) is 0.150. The summed E-state index contributed by atoms with van der Waals surface area (Å²) in [6.07, 6.45) is 4.69. The van der Waals surface area contributed by atoms with E-state index in [0.29, 0.717) is 17.9 Å². The minimum atomic E-state index is -0.288. The molecule has 140 valence electrons. The number of anilines is 1. The minimum Gasteiger partial charge on any atom is -0.339 e. The average molecular weight is 374 g/mol. The van der Waals surface area contributed by atoms with Gasteiger partial charge in [-0.05, 0) is 66.1 Å². The number of nitrogens with one attached hydrogen (secondary N) is 2. The van der Waals surface area contributed by atoms with Gasteiger partial charge in [0.25, 0.3) is 0 Å². The lowest BCUT2D eigenvalue weighted by molar-refractivity contribution is -0.116. The fourth-order valence-corrected chi connectivity index (χ4v) is 3.23. The third-order valence-electron chi connectivity index (χ3n) is 4.50. The van der Waals surface area contributed by atoms with Crippen molar-refractivity contribution in [1.29, 1.82) is 0 Å². The topological polar surface area (TPSA) is 70.7 Å². The van der Waals surface area contributed by atoms with Crippen LogP contribution in [0.3, 0.4) is 0 Å². The van der Waals surface area contributed by atoms with Crippen LogP contribution in [0.25, 0.3) is 33.4 Å². The molecule has 0 spiro atoms. The SMILES string of the molecule is CCCC(=O)Nc1ccc2c(-c3ccncc3)c(-c3ccc(F)cc3)[nH]c2n1. The van der Waals surface area contributed by atoms with Gasteiger partial charge < -0.3 is 10.3 Å². The highest BCUT2D eigenvalue weighted by molar-refractivity contribution is 6.03. The van der Waals surface area contributed by atoms with Crippen LogP contribution in [0.1, 0.15) is 19.8 Å². The van der Waals surface area contributed by atoms with Crippen molar-refractivity contribution < 1.29 is 9.18 Å². The summed E-state index contributed by atoms with van der Waals surface area (Å²) in [5.41, 5.74) is 4.28. The van der Waals surface area contributed by atoms with E-state index >= 15 is 0 Å². The summed E-state index contributed by atoms with van der Waals surface area (Å²) in [5, 5.41) is 3.74. The molecule has 0 aliphatic heterocycles. The standard InChI is InChI=1S/C22H19FN4O/c1-2-3-19(28)25-18-9-8-17-20(14-10-12-24-13-11-14)21(27-22(17)26-18)15-4-6-16(23)7-5-15/h4-13H,2-3H2,1H3,(H2,25,26,27,28). The predicted molar refractivity (Wildman–Crippen MR) is 108 cm³/mol. The van der Waals surface area contributed by atoms with Gasteiger partial charge in [-0.3, -0.25) is 9.78 Å². The third kappa shape index (κ3) is 3.49. The smallest absolute Gasteiger partial charge is 0.225 e. The van der Waals surface area contributed by atoms with Crippen molar-refractivity contribution in [2.75, 3.05) is 5.32 Å². The van der Waals surface area contributed by atoms with Gasteiger partial charge >= 0.3 is 0 Å². The second kappa shape index (κ2) is 7.60. The zero-order valence-corrected chi connectivity index (χ0v) is 15.4. The number of nitrogens with zero attached hydrogens (tertiary/aromatic N) is 2. The molecule has 0 aliphatic carbocycles. The van der Waals surface area contributed by atoms with E-state index in [9.17, 15) is 9.18 Å². The number of aromatic nitrogens is 3. The van der Waals surface area contributed by atoms with E-state index < -0.39 is 0 Å². The van der Waals surface area contributed by atoms with Gasteiger partial charge in [-0.2, -0.15) is 0 Å². The Kier molecular flexibility index (Phi) is 4.85. The highest BCUT2D eigenvalue weighted by Crippen LogP contribution is 2.38. The highest BCUT2D eigenvalue weighted by atomic mass is 19.1. The molecule has 1 amide bonds. The van der Waals surface area contributed by atoms with Crippen molar-refractivity contribution in [3.8, 4) is 22.4 Å². The number of amides is 1. The maximum absolute atomic E-state index is 13.4. The van der Waals surface area contributed by atoms with Gasteiger partial charge in [0, 0.05) is 29.8 Å². The summed E-state index contributed by atoms with van der Waals surface area (Å²) in [6, 6.07) is 13.9. The fourth-order valence-electron chi connectivity index (χ4n) is 3.23. The summed E-state index contributed by atoms with van der Waals surface area (Å²) in [6.45, 7) is 1.96. The molecule has 0 saturated heterocycles. The minimum absolute atomic E-state index is 0.0611. The number of aromatic amines is 1. The predicted octanol–water partition coefficient (Wildman–Crippen LogP) is 5.17. The first-order valence-electron chi connectivity index (χ1n) is 9.14. The molecular formula is C22H19FN4O. The van der Waals surface area contributed by atoms with E-state index in [-0.39, 0.29) is 11.7 Å². The number of halogens is 1. The van der Waals surface area contributed by atoms with Gasteiger partial charge in [-0.1, -0.05) is 6.92 Å². The molecule has 3 heterocycles. The van der Waals surface area contributed by atoms with Gasteiger partial charge in [0.05, 0.1) is 5.69 Å². The number of carbonyl (C=O) groups is 1. The summed E-state index contributed by atoms with van der Waals surface area (Å²) >= 11 is 0. The van der Waals surface area contributed by atoms with Crippen LogP contribution in [0.5, 0.6) is 0 Å². The Bertz CT molecular complexity index is 1120. The van der Waals surface area contributed by atoms with Gasteiger partial charge in [-0.25, -0.2) is 9.37 Å². The van der Waals surface area contributed by atoms with Crippen molar-refractivity contribution >= 4 is 22.8 Å². The number of H-pyrrole nitrogens is 1. The van der Waals surface area contributed by atoms with Gasteiger partial charge in [0.1, 0.15) is 17.3 Å². The zero-order chi connectivity index (χ0) is 19.5. The number of pyridine rings is 2. The van der Waals surface area contributed by atoms with E-state index in [1.54, 1.807) is 30.6 Å². The molecule has 5 nitrogen and oxygen atoms in total. The number of fused-ring (bicyclic) bond motifs is 1. The molecule has 4 aromatic rings. The lowest BCUT2D eigenvalue weighted by Gasteiger charge is -2.06. The fraction of sp³-hybridized carbons (Fsp3) is 0.136. The Morgan fingerprint density at radius 1 is 1.04 bits per heavy atom. The van der Waals surface area contributed by atoms with Crippen LogP contribution < -0.4 is 5.32 Å². The zero-order valence-electron chi connectivity index (χ0n) is 15.4. The highest BCUT2D eigenvalue weighted by Gasteiger charge is 2.17. The molecule has 1 aromatic carbocycles. The first-order valence-corrected chi connectivity index (χ1v) is 9.14. The molecule has 3 aromatic heterocycles. The molecule has 6 heteroatoms. The molecule has 0 aliphatic rings. The second-order valence-electron chi connectivity index (χ2n) is 6.51. The Balaban J connectivity index is 1.86.